The van der Waals surface area contributed by atoms with Gasteiger partial charge in [-0.3, -0.25) is 0 Å². The minimum atomic E-state index is -0.167. The third-order valence-electron chi connectivity index (χ3n) is 3.05. The fourth-order valence-electron chi connectivity index (χ4n) is 1.60. The van der Waals surface area contributed by atoms with Crippen LogP contribution in [0.2, 0.25) is 0 Å². The molecule has 28 heavy (non-hydrogen) atoms. The van der Waals surface area contributed by atoms with Crippen molar-refractivity contribution in [3.05, 3.63) is 24.3 Å². The Morgan fingerprint density at radius 2 is 0.893 bits per heavy atom. The zero-order chi connectivity index (χ0) is 21.9. The second-order valence-corrected chi connectivity index (χ2v) is 7.23. The fraction of sp³-hybridized carbons (Fsp3) is 0.826. The molecule has 0 amide bonds. The number of aliphatic hydroxyl groups excluding tert-OH is 4. The van der Waals surface area contributed by atoms with Gasteiger partial charge in [-0.2, -0.15) is 0 Å². The number of rotatable bonds is 12. The van der Waals surface area contributed by atoms with Crippen LogP contribution < -0.4 is 0 Å². The standard InChI is InChI=1S/C12H26O.2C4H8O.C3H8O.Ti/c1-2-3-4-5-6-7-8-9-10-11-12-13;2*1-4(2)3-5;1-3(2)4;/h13H,2-12H2,1H3;2*5H,1,3H2,2H3;3-4H,1-2H3;. The average molecular weight is 439 g/mol. The molecule has 0 unspecified atom stereocenters. The van der Waals surface area contributed by atoms with Gasteiger partial charge in [-0.05, 0) is 34.1 Å². The van der Waals surface area contributed by atoms with Crippen LogP contribution in [0.1, 0.15) is 98.8 Å². The monoisotopic (exact) mass is 438 g/mol. The van der Waals surface area contributed by atoms with Crippen LogP contribution in [0, 0.1) is 0 Å². The van der Waals surface area contributed by atoms with E-state index in [9.17, 15) is 0 Å². The largest absolute Gasteiger partial charge is 0.396 e. The number of hydrogen-bond acceptors (Lipinski definition) is 4. The van der Waals surface area contributed by atoms with Crippen molar-refractivity contribution in [3.63, 3.8) is 0 Å². The fourth-order valence-corrected chi connectivity index (χ4v) is 1.60. The summed E-state index contributed by atoms with van der Waals surface area (Å²) in [7, 11) is 0. The maximum atomic E-state index is 8.57. The van der Waals surface area contributed by atoms with Crippen LogP contribution in [-0.2, 0) is 21.7 Å². The van der Waals surface area contributed by atoms with Crippen molar-refractivity contribution in [1.29, 1.82) is 0 Å². The summed E-state index contributed by atoms with van der Waals surface area (Å²) >= 11 is 0. The quantitative estimate of drug-likeness (QED) is 0.187. The number of unbranched alkanes of at least 4 members (excludes halogenated alkanes) is 9. The normalized spacial score (nSPS) is 8.93. The summed E-state index contributed by atoms with van der Waals surface area (Å²) in [5, 5.41) is 32.7. The molecule has 0 saturated carbocycles. The molecule has 0 bridgehead atoms. The van der Waals surface area contributed by atoms with Gasteiger partial charge in [0.25, 0.3) is 0 Å². The summed E-state index contributed by atoms with van der Waals surface area (Å²) in [6, 6.07) is 0. The predicted molar refractivity (Wildman–Crippen MR) is 120 cm³/mol. The Bertz CT molecular complexity index is 255. The average Bonchev–Trinajstić information content (AvgIpc) is 2.61. The smallest absolute Gasteiger partial charge is 0.0636 e. The zero-order valence-electron chi connectivity index (χ0n) is 19.5. The molecule has 0 aromatic rings. The van der Waals surface area contributed by atoms with Crippen LogP contribution >= 0.6 is 0 Å². The third-order valence-corrected chi connectivity index (χ3v) is 3.05. The zero-order valence-corrected chi connectivity index (χ0v) is 21.0. The minimum absolute atomic E-state index is 0. The molecule has 0 aromatic heterocycles. The minimum Gasteiger partial charge on any atom is -0.396 e. The first-order chi connectivity index (χ1) is 12.7. The van der Waals surface area contributed by atoms with Crippen molar-refractivity contribution in [1.82, 2.24) is 0 Å². The van der Waals surface area contributed by atoms with Gasteiger partial charge in [0.1, 0.15) is 0 Å². The summed E-state index contributed by atoms with van der Waals surface area (Å²) in [5.74, 6) is 0. The van der Waals surface area contributed by atoms with Gasteiger partial charge in [-0.1, -0.05) is 89.0 Å². The molecule has 4 N–H and O–H groups in total. The van der Waals surface area contributed by atoms with Crippen molar-refractivity contribution < 1.29 is 42.1 Å². The molecule has 0 rings (SSSR count). The second-order valence-electron chi connectivity index (χ2n) is 7.23. The van der Waals surface area contributed by atoms with E-state index in [1.54, 1.807) is 27.7 Å². The van der Waals surface area contributed by atoms with Crippen LogP contribution in [-0.4, -0.2) is 46.4 Å². The summed E-state index contributed by atoms with van der Waals surface area (Å²) in [6.45, 7) is 16.7. The summed E-state index contributed by atoms with van der Waals surface area (Å²) in [6.07, 6.45) is 13.1. The molecule has 0 fully saturated rings. The second kappa shape index (κ2) is 37.7. The first-order valence-electron chi connectivity index (χ1n) is 10.5. The molecule has 0 radical (unpaired) electrons. The molecule has 5 heteroatoms. The van der Waals surface area contributed by atoms with E-state index in [-0.39, 0.29) is 41.0 Å². The molecule has 0 aliphatic rings. The molecule has 0 aromatic carbocycles. The Labute approximate surface area is 191 Å². The third kappa shape index (κ3) is 82.8. The Kier molecular flexibility index (Phi) is 52.0. The molecule has 170 valence electrons. The van der Waals surface area contributed by atoms with Gasteiger partial charge in [0.05, 0.1) is 13.2 Å². The van der Waals surface area contributed by atoms with Crippen molar-refractivity contribution in [2.24, 2.45) is 0 Å². The van der Waals surface area contributed by atoms with E-state index in [1.807, 2.05) is 0 Å². The van der Waals surface area contributed by atoms with Crippen molar-refractivity contribution in [2.45, 2.75) is 105 Å². The van der Waals surface area contributed by atoms with Crippen molar-refractivity contribution >= 4 is 0 Å². The maximum Gasteiger partial charge on any atom is 0.0636 e. The van der Waals surface area contributed by atoms with E-state index < -0.39 is 0 Å². The topological polar surface area (TPSA) is 80.9 Å². The van der Waals surface area contributed by atoms with Crippen LogP contribution in [0.25, 0.3) is 0 Å². The Hall–Kier alpha value is 0.0343. The van der Waals surface area contributed by atoms with Crippen molar-refractivity contribution in [3.8, 4) is 0 Å². The molecular weight excluding hydrogens is 388 g/mol. The summed E-state index contributed by atoms with van der Waals surface area (Å²) < 4.78 is 0. The van der Waals surface area contributed by atoms with Crippen molar-refractivity contribution in [2.75, 3.05) is 19.8 Å². The molecule has 0 heterocycles. The predicted octanol–water partition coefficient (Wildman–Crippen LogP) is 5.39. The van der Waals surface area contributed by atoms with E-state index >= 15 is 0 Å². The first-order valence-corrected chi connectivity index (χ1v) is 10.5. The first kappa shape index (κ1) is 38.6. The molecule has 0 aliphatic carbocycles. The molecule has 4 nitrogen and oxygen atoms in total. The molecule has 0 spiro atoms. The van der Waals surface area contributed by atoms with E-state index in [0.717, 1.165) is 17.6 Å². The van der Waals surface area contributed by atoms with Gasteiger partial charge in [0.2, 0.25) is 0 Å². The van der Waals surface area contributed by atoms with E-state index in [4.69, 9.17) is 20.4 Å². The Morgan fingerprint density at radius 1 is 0.679 bits per heavy atom. The van der Waals surface area contributed by atoms with E-state index in [2.05, 4.69) is 20.1 Å². The van der Waals surface area contributed by atoms with Crippen LogP contribution in [0.4, 0.5) is 0 Å². The molecule has 0 atom stereocenters. The number of aliphatic hydroxyl groups is 4. The Balaban J connectivity index is -0.0000000976. The van der Waals surface area contributed by atoms with Gasteiger partial charge < -0.3 is 20.4 Å². The Morgan fingerprint density at radius 3 is 1.07 bits per heavy atom. The van der Waals surface area contributed by atoms with Gasteiger partial charge in [-0.25, -0.2) is 0 Å². The van der Waals surface area contributed by atoms with Gasteiger partial charge in [0, 0.05) is 34.4 Å². The van der Waals surface area contributed by atoms with Gasteiger partial charge >= 0.3 is 0 Å². The van der Waals surface area contributed by atoms with Gasteiger partial charge in [0.15, 0.2) is 0 Å². The maximum absolute atomic E-state index is 8.57. The van der Waals surface area contributed by atoms with Crippen LogP contribution in [0.15, 0.2) is 24.3 Å². The van der Waals surface area contributed by atoms with Gasteiger partial charge in [-0.15, -0.1) is 0 Å². The summed E-state index contributed by atoms with van der Waals surface area (Å²) in [4.78, 5) is 0. The molecular formula is C23H50O4Ti. The molecule has 0 aliphatic heterocycles. The van der Waals surface area contributed by atoms with E-state index in [1.165, 1.54) is 57.8 Å². The van der Waals surface area contributed by atoms with Crippen LogP contribution in [0.5, 0.6) is 0 Å². The SMILES string of the molecule is C=C(C)CO.C=C(C)CO.CC(C)O.CCCCCCCCCCCCO.[Ti]. The number of hydrogen-bond donors (Lipinski definition) is 4. The van der Waals surface area contributed by atoms with Crippen LogP contribution in [0.3, 0.4) is 0 Å². The summed E-state index contributed by atoms with van der Waals surface area (Å²) in [5.41, 5.74) is 1.62. The van der Waals surface area contributed by atoms with E-state index in [0.29, 0.717) is 6.61 Å². The molecule has 0 saturated heterocycles.